The van der Waals surface area contributed by atoms with E-state index in [1.165, 1.54) is 12.1 Å². The minimum absolute atomic E-state index is 0.00716. The molecule has 0 radical (unpaired) electrons. The molecule has 1 aromatic carbocycles. The number of aromatic nitrogens is 1. The lowest BCUT2D eigenvalue weighted by Crippen LogP contribution is -2.25. The molecule has 0 aliphatic heterocycles. The van der Waals surface area contributed by atoms with E-state index in [1.54, 1.807) is 32.9 Å². The van der Waals surface area contributed by atoms with E-state index in [9.17, 15) is 26.4 Å². The van der Waals surface area contributed by atoms with Crippen molar-refractivity contribution in [2.75, 3.05) is 6.61 Å². The van der Waals surface area contributed by atoms with Crippen LogP contribution < -0.4 is 0 Å². The molecule has 0 saturated heterocycles. The average Bonchev–Trinajstić information content (AvgIpc) is 2.68. The Morgan fingerprint density at radius 1 is 0.970 bits per heavy atom. The summed E-state index contributed by atoms with van der Waals surface area (Å²) in [6.07, 6.45) is -3.32. The second-order valence-electron chi connectivity index (χ2n) is 8.59. The van der Waals surface area contributed by atoms with Gasteiger partial charge in [-0.15, -0.1) is 0 Å². The Balaban J connectivity index is 1.97. The zero-order valence-corrected chi connectivity index (χ0v) is 19.8. The summed E-state index contributed by atoms with van der Waals surface area (Å²) < 4.78 is 73.9. The highest BCUT2D eigenvalue weighted by Crippen LogP contribution is 2.29. The van der Waals surface area contributed by atoms with Gasteiger partial charge in [0, 0.05) is 0 Å². The maximum absolute atomic E-state index is 13.1. The minimum Gasteiger partial charge on any atom is -0.456 e. The summed E-state index contributed by atoms with van der Waals surface area (Å²) in [5.41, 5.74) is -0.999. The Hall–Kier alpha value is -2.46. The number of hydrogen-bond donors (Lipinski definition) is 0. The third kappa shape index (κ3) is 8.43. The highest BCUT2D eigenvalue weighted by molar-refractivity contribution is 7.86. The van der Waals surface area contributed by atoms with Crippen molar-refractivity contribution in [3.05, 3.63) is 58.9 Å². The van der Waals surface area contributed by atoms with Crippen LogP contribution in [-0.2, 0) is 31.6 Å². The lowest BCUT2D eigenvalue weighted by Gasteiger charge is -2.20. The fourth-order valence-corrected chi connectivity index (χ4v) is 3.82. The van der Waals surface area contributed by atoms with Crippen LogP contribution in [0.2, 0.25) is 0 Å². The average molecular weight is 488 g/mol. The van der Waals surface area contributed by atoms with Crippen molar-refractivity contribution >= 4 is 16.1 Å². The van der Waals surface area contributed by atoms with E-state index in [-0.39, 0.29) is 29.2 Å². The summed E-state index contributed by atoms with van der Waals surface area (Å²) in [5.74, 6) is -0.744. The van der Waals surface area contributed by atoms with Gasteiger partial charge in [-0.1, -0.05) is 24.1 Å². The number of unbranched alkanes of at least 4 members (excludes halogenated alkanes) is 2. The number of halogens is 3. The van der Waals surface area contributed by atoms with Crippen molar-refractivity contribution in [2.24, 2.45) is 0 Å². The molecule has 0 atom stereocenters. The molecule has 1 aromatic heterocycles. The maximum Gasteiger partial charge on any atom is 0.433 e. The van der Waals surface area contributed by atoms with Gasteiger partial charge < -0.3 is 4.74 Å². The van der Waals surface area contributed by atoms with Crippen LogP contribution >= 0.6 is 0 Å². The Morgan fingerprint density at radius 3 is 2.18 bits per heavy atom. The second kappa shape index (κ2) is 10.6. The molecular weight excluding hydrogens is 459 g/mol. The second-order valence-corrected chi connectivity index (χ2v) is 10.2. The fourth-order valence-electron chi connectivity index (χ4n) is 2.88. The van der Waals surface area contributed by atoms with Gasteiger partial charge >= 0.3 is 12.1 Å². The fraction of sp³-hybridized carbons (Fsp3) is 0.478. The molecule has 1 heterocycles. The molecule has 0 fully saturated rings. The van der Waals surface area contributed by atoms with E-state index >= 15 is 0 Å². The van der Waals surface area contributed by atoms with Crippen molar-refractivity contribution in [1.29, 1.82) is 0 Å². The first-order valence-electron chi connectivity index (χ1n) is 10.5. The van der Waals surface area contributed by atoms with Crippen molar-refractivity contribution < 1.29 is 35.3 Å². The molecule has 0 saturated carbocycles. The highest BCUT2D eigenvalue weighted by atomic mass is 32.2. The Labute approximate surface area is 192 Å². The first-order chi connectivity index (χ1) is 15.2. The van der Waals surface area contributed by atoms with Crippen molar-refractivity contribution in [1.82, 2.24) is 4.98 Å². The predicted molar refractivity (Wildman–Crippen MR) is 116 cm³/mol. The molecular formula is C23H28F3NO5S. The molecule has 6 nitrogen and oxygen atoms in total. The number of carbonyl (C=O) groups is 1. The standard InChI is InChI=1S/C23H28F3NO5S/c1-16-9-11-17(12-10-16)33(29,30)31-15-7-5-6-8-19-18(21(28)32-22(2,3)4)13-14-20(27-19)23(24,25)26/h9-14H,5-8,15H2,1-4H3. The molecule has 0 aliphatic carbocycles. The number of benzene rings is 1. The summed E-state index contributed by atoms with van der Waals surface area (Å²) in [7, 11) is -3.87. The largest absolute Gasteiger partial charge is 0.456 e. The minimum atomic E-state index is -4.64. The molecule has 0 N–H and O–H groups in total. The SMILES string of the molecule is Cc1ccc(S(=O)(=O)OCCCCCc2nc(C(F)(F)F)ccc2C(=O)OC(C)(C)C)cc1. The number of aryl methyl sites for hydroxylation is 2. The quantitative estimate of drug-likeness (QED) is 0.265. The number of nitrogens with zero attached hydrogens (tertiary/aromatic N) is 1. The maximum atomic E-state index is 13.1. The third-order valence-corrected chi connectivity index (χ3v) is 5.82. The number of pyridine rings is 1. The third-order valence-electron chi connectivity index (χ3n) is 4.49. The molecule has 0 aliphatic rings. The smallest absolute Gasteiger partial charge is 0.433 e. The molecule has 2 aromatic rings. The Bertz CT molecular complexity index is 1060. The van der Waals surface area contributed by atoms with Gasteiger partial charge in [-0.3, -0.25) is 4.18 Å². The summed E-state index contributed by atoms with van der Waals surface area (Å²) in [6, 6.07) is 8.09. The molecule has 0 bridgehead atoms. The first kappa shape index (κ1) is 26.8. The summed E-state index contributed by atoms with van der Waals surface area (Å²) >= 11 is 0. The number of alkyl halides is 3. The van der Waals surface area contributed by atoms with E-state index in [1.807, 2.05) is 6.92 Å². The van der Waals surface area contributed by atoms with E-state index < -0.39 is 33.6 Å². The number of ether oxygens (including phenoxy) is 1. The lowest BCUT2D eigenvalue weighted by molar-refractivity contribution is -0.141. The summed E-state index contributed by atoms with van der Waals surface area (Å²) in [4.78, 5) is 16.1. The molecule has 182 valence electrons. The first-order valence-corrected chi connectivity index (χ1v) is 11.9. The van der Waals surface area contributed by atoms with Gasteiger partial charge in [0.25, 0.3) is 10.1 Å². The molecule has 0 spiro atoms. The van der Waals surface area contributed by atoms with Gasteiger partial charge in [0.1, 0.15) is 11.3 Å². The topological polar surface area (TPSA) is 82.6 Å². The Morgan fingerprint density at radius 2 is 1.61 bits per heavy atom. The zero-order chi connectivity index (χ0) is 24.9. The van der Waals surface area contributed by atoms with Gasteiger partial charge in [-0.05, 0) is 71.2 Å². The van der Waals surface area contributed by atoms with Crippen LogP contribution in [0.1, 0.15) is 67.3 Å². The van der Waals surface area contributed by atoms with E-state index in [0.717, 1.165) is 17.7 Å². The van der Waals surface area contributed by atoms with Crippen molar-refractivity contribution in [2.45, 2.75) is 70.1 Å². The zero-order valence-electron chi connectivity index (χ0n) is 19.0. The van der Waals surface area contributed by atoms with Crippen LogP contribution in [0.25, 0.3) is 0 Å². The number of rotatable bonds is 9. The van der Waals surface area contributed by atoms with Gasteiger partial charge in [0.15, 0.2) is 0 Å². The molecule has 10 heteroatoms. The number of carbonyl (C=O) groups excluding carboxylic acids is 1. The van der Waals surface area contributed by atoms with E-state index in [2.05, 4.69) is 4.98 Å². The predicted octanol–water partition coefficient (Wildman–Crippen LogP) is 5.48. The van der Waals surface area contributed by atoms with Crippen LogP contribution in [0, 0.1) is 6.92 Å². The van der Waals surface area contributed by atoms with Gasteiger partial charge in [-0.2, -0.15) is 21.6 Å². The van der Waals surface area contributed by atoms with Crippen molar-refractivity contribution in [3.8, 4) is 0 Å². The van der Waals surface area contributed by atoms with Crippen LogP contribution in [0.5, 0.6) is 0 Å². The monoisotopic (exact) mass is 487 g/mol. The highest BCUT2D eigenvalue weighted by Gasteiger charge is 2.34. The summed E-state index contributed by atoms with van der Waals surface area (Å²) in [5, 5.41) is 0. The van der Waals surface area contributed by atoms with Crippen LogP contribution in [0.15, 0.2) is 41.3 Å². The molecule has 2 rings (SSSR count). The van der Waals surface area contributed by atoms with Gasteiger partial charge in [-0.25, -0.2) is 9.78 Å². The molecule has 0 amide bonds. The van der Waals surface area contributed by atoms with E-state index in [4.69, 9.17) is 8.92 Å². The van der Waals surface area contributed by atoms with Gasteiger partial charge in [0.05, 0.1) is 22.8 Å². The van der Waals surface area contributed by atoms with Crippen LogP contribution in [0.4, 0.5) is 13.2 Å². The van der Waals surface area contributed by atoms with E-state index in [0.29, 0.717) is 19.3 Å². The van der Waals surface area contributed by atoms with Crippen LogP contribution in [-0.4, -0.2) is 31.6 Å². The van der Waals surface area contributed by atoms with Crippen molar-refractivity contribution in [3.63, 3.8) is 0 Å². The molecule has 33 heavy (non-hydrogen) atoms. The van der Waals surface area contributed by atoms with Gasteiger partial charge in [0.2, 0.25) is 0 Å². The molecule has 0 unspecified atom stereocenters. The lowest BCUT2D eigenvalue weighted by atomic mass is 10.1. The normalized spacial score (nSPS) is 12.6. The van der Waals surface area contributed by atoms with Crippen LogP contribution in [0.3, 0.4) is 0 Å². The summed E-state index contributed by atoms with van der Waals surface area (Å²) in [6.45, 7) is 6.75. The number of hydrogen-bond acceptors (Lipinski definition) is 6. The number of esters is 1. The Kier molecular flexibility index (Phi) is 8.64.